The maximum absolute atomic E-state index is 11.1. The number of nitrogens with zero attached hydrogens (tertiary/aromatic N) is 7. The molecule has 13 heteroatoms. The largest absolute Gasteiger partial charge is 0.422 e. The van der Waals surface area contributed by atoms with Gasteiger partial charge in [-0.1, -0.05) is 74.0 Å². The second-order valence-electron chi connectivity index (χ2n) is 12.1. The lowest BCUT2D eigenvalue weighted by Gasteiger charge is -2.26. The number of hydrogen-bond acceptors (Lipinski definition) is 12. The summed E-state index contributed by atoms with van der Waals surface area (Å²) in [5, 5.41) is 37.1. The third-order valence-corrected chi connectivity index (χ3v) is 9.00. The number of aromatic nitrogens is 6. The highest BCUT2D eigenvalue weighted by Gasteiger charge is 2.47. The summed E-state index contributed by atoms with van der Waals surface area (Å²) in [6, 6.07) is 20.7. The Labute approximate surface area is 273 Å². The van der Waals surface area contributed by atoms with E-state index in [1.165, 1.54) is 30.4 Å². The lowest BCUT2D eigenvalue weighted by Crippen LogP contribution is -2.34. The molecule has 0 spiro atoms. The molecule has 47 heavy (non-hydrogen) atoms. The van der Waals surface area contributed by atoms with Gasteiger partial charge >= 0.3 is 0 Å². The zero-order valence-corrected chi connectivity index (χ0v) is 26.4. The maximum Gasteiger partial charge on any atom is 0.248 e. The average Bonchev–Trinajstić information content (AvgIpc) is 3.84. The van der Waals surface area contributed by atoms with Crippen LogP contribution in [0.5, 0.6) is 0 Å². The van der Waals surface area contributed by atoms with Crippen molar-refractivity contribution in [3.63, 3.8) is 0 Å². The van der Waals surface area contributed by atoms with Crippen LogP contribution in [0.4, 0.5) is 11.8 Å². The molecule has 5 heterocycles. The van der Waals surface area contributed by atoms with E-state index < -0.39 is 24.5 Å². The lowest BCUT2D eigenvalue weighted by atomic mass is 9.91. The van der Waals surface area contributed by atoms with Gasteiger partial charge in [-0.2, -0.15) is 9.97 Å². The van der Waals surface area contributed by atoms with Gasteiger partial charge in [0.2, 0.25) is 17.7 Å². The van der Waals surface area contributed by atoms with Gasteiger partial charge in [0, 0.05) is 32.0 Å². The van der Waals surface area contributed by atoms with E-state index in [1.807, 2.05) is 43.3 Å². The first kappa shape index (κ1) is 31.2. The Morgan fingerprint density at radius 1 is 0.894 bits per heavy atom. The molecule has 246 valence electrons. The highest BCUT2D eigenvalue weighted by atomic mass is 16.6. The van der Waals surface area contributed by atoms with E-state index in [4.69, 9.17) is 19.1 Å². The summed E-state index contributed by atoms with van der Waals surface area (Å²) < 4.78 is 13.4. The van der Waals surface area contributed by atoms with Crippen LogP contribution in [0.2, 0.25) is 0 Å². The van der Waals surface area contributed by atoms with Crippen molar-refractivity contribution in [2.75, 3.05) is 43.4 Å². The molecular weight excluding hydrogens is 598 g/mol. The standard InChI is InChI=1S/C34H41N9O4/c1-2-25-40-41-32(46-25)29-27(44)28(45)33(47-29)43-21-37-26-30(38-34(39-31(26)43)35-16-19-42-17-10-5-11-18-42)36-20-24(22-12-6-3-7-13-22)23-14-8-4-9-15-23/h3-4,6-9,12-15,21,24,27-29,33,44-45H,2,5,10-11,16-20H2,1H3,(H2,35,36,38,39)/t27-,28+,29-,33+/m0/s1. The van der Waals surface area contributed by atoms with Crippen molar-refractivity contribution in [2.45, 2.75) is 63.1 Å². The van der Waals surface area contributed by atoms with E-state index in [1.54, 1.807) is 10.9 Å². The van der Waals surface area contributed by atoms with Gasteiger partial charge in [0.1, 0.15) is 12.2 Å². The van der Waals surface area contributed by atoms with Crippen molar-refractivity contribution in [2.24, 2.45) is 0 Å². The molecule has 2 aliphatic rings. The highest BCUT2D eigenvalue weighted by molar-refractivity contribution is 5.84. The van der Waals surface area contributed by atoms with Crippen LogP contribution in [0.15, 0.2) is 71.4 Å². The number of piperidine rings is 1. The molecule has 0 aliphatic carbocycles. The molecule has 0 radical (unpaired) electrons. The first-order chi connectivity index (χ1) is 23.1. The number of likely N-dealkylation sites (tertiary alicyclic amines) is 1. The highest BCUT2D eigenvalue weighted by Crippen LogP contribution is 2.40. The quantitative estimate of drug-likeness (QED) is 0.156. The van der Waals surface area contributed by atoms with Gasteiger partial charge < -0.3 is 34.9 Å². The molecule has 2 saturated heterocycles. The van der Waals surface area contributed by atoms with E-state index in [2.05, 4.69) is 55.0 Å². The van der Waals surface area contributed by atoms with Crippen LogP contribution in [0, 0.1) is 0 Å². The number of aliphatic hydroxyl groups is 2. The molecule has 2 aromatic carbocycles. The summed E-state index contributed by atoms with van der Waals surface area (Å²) in [7, 11) is 0. The predicted molar refractivity (Wildman–Crippen MR) is 176 cm³/mol. The number of aliphatic hydroxyl groups excluding tert-OH is 2. The third-order valence-electron chi connectivity index (χ3n) is 9.00. The van der Waals surface area contributed by atoms with Crippen molar-refractivity contribution in [3.05, 3.63) is 89.9 Å². The Kier molecular flexibility index (Phi) is 9.38. The van der Waals surface area contributed by atoms with Crippen molar-refractivity contribution >= 4 is 22.9 Å². The molecule has 4 atom stereocenters. The Hall–Kier alpha value is -4.43. The second kappa shape index (κ2) is 14.1. The second-order valence-corrected chi connectivity index (χ2v) is 12.1. The molecular formula is C34H41N9O4. The van der Waals surface area contributed by atoms with Gasteiger partial charge in [0.25, 0.3) is 0 Å². The van der Waals surface area contributed by atoms with Crippen LogP contribution in [0.3, 0.4) is 0 Å². The van der Waals surface area contributed by atoms with Crippen LogP contribution >= 0.6 is 0 Å². The SMILES string of the molecule is CCc1nnc([C@H]2O[C@@H](n3cnc4c(NCC(c5ccccc5)c5ccccc5)nc(NCCN5CCCCC5)nc43)[C@H](O)[C@@H]2O)o1. The predicted octanol–water partition coefficient (Wildman–Crippen LogP) is 3.91. The summed E-state index contributed by atoms with van der Waals surface area (Å²) in [6.45, 7) is 6.21. The van der Waals surface area contributed by atoms with Gasteiger partial charge in [0.15, 0.2) is 29.3 Å². The fourth-order valence-corrected chi connectivity index (χ4v) is 6.43. The average molecular weight is 640 g/mol. The van der Waals surface area contributed by atoms with Crippen molar-refractivity contribution in [1.29, 1.82) is 0 Å². The number of rotatable bonds is 12. The molecule has 2 aliphatic heterocycles. The molecule has 13 nitrogen and oxygen atoms in total. The minimum atomic E-state index is -1.29. The van der Waals surface area contributed by atoms with Crippen molar-refractivity contribution < 1.29 is 19.4 Å². The molecule has 7 rings (SSSR count). The number of anilines is 2. The molecule has 2 fully saturated rings. The van der Waals surface area contributed by atoms with E-state index >= 15 is 0 Å². The number of benzene rings is 2. The Bertz CT molecular complexity index is 1700. The Balaban J connectivity index is 1.19. The summed E-state index contributed by atoms with van der Waals surface area (Å²) in [6.07, 6.45) is 1.25. The number of nitrogens with one attached hydrogen (secondary N) is 2. The monoisotopic (exact) mass is 639 g/mol. The Morgan fingerprint density at radius 3 is 2.30 bits per heavy atom. The van der Waals surface area contributed by atoms with E-state index in [-0.39, 0.29) is 11.8 Å². The van der Waals surface area contributed by atoms with E-state index in [9.17, 15) is 10.2 Å². The first-order valence-electron chi connectivity index (χ1n) is 16.5. The molecule has 5 aromatic rings. The minimum absolute atomic E-state index is 0.0540. The van der Waals surface area contributed by atoms with Gasteiger partial charge in [-0.3, -0.25) is 4.57 Å². The van der Waals surface area contributed by atoms with E-state index in [0.29, 0.717) is 48.3 Å². The maximum atomic E-state index is 11.1. The zero-order chi connectivity index (χ0) is 32.2. The Morgan fingerprint density at radius 2 is 1.62 bits per heavy atom. The van der Waals surface area contributed by atoms with Crippen molar-refractivity contribution in [1.82, 2.24) is 34.6 Å². The molecule has 0 bridgehead atoms. The van der Waals surface area contributed by atoms with Gasteiger partial charge in [-0.25, -0.2) is 4.98 Å². The van der Waals surface area contributed by atoms with Crippen LogP contribution < -0.4 is 10.6 Å². The molecule has 0 amide bonds. The summed E-state index contributed by atoms with van der Waals surface area (Å²) in [5.74, 6) is 1.59. The number of aryl methyl sites for hydroxylation is 1. The van der Waals surface area contributed by atoms with Gasteiger partial charge in [-0.15, -0.1) is 10.2 Å². The molecule has 4 N–H and O–H groups in total. The molecule has 0 saturated carbocycles. The molecule has 0 unspecified atom stereocenters. The van der Waals surface area contributed by atoms with Crippen LogP contribution in [-0.4, -0.2) is 89.8 Å². The first-order valence-corrected chi connectivity index (χ1v) is 16.5. The lowest BCUT2D eigenvalue weighted by molar-refractivity contribution is -0.0439. The normalized spacial score (nSPS) is 21.9. The van der Waals surface area contributed by atoms with Crippen LogP contribution in [0.1, 0.15) is 67.3 Å². The smallest absolute Gasteiger partial charge is 0.248 e. The van der Waals surface area contributed by atoms with Gasteiger partial charge in [0.05, 0.1) is 6.33 Å². The summed E-state index contributed by atoms with van der Waals surface area (Å²) in [5.41, 5.74) is 3.33. The summed E-state index contributed by atoms with van der Waals surface area (Å²) in [4.78, 5) is 16.8. The fourth-order valence-electron chi connectivity index (χ4n) is 6.43. The summed E-state index contributed by atoms with van der Waals surface area (Å²) >= 11 is 0. The number of imidazole rings is 1. The topological polar surface area (TPSA) is 160 Å². The van der Waals surface area contributed by atoms with Crippen LogP contribution in [0.25, 0.3) is 11.2 Å². The minimum Gasteiger partial charge on any atom is -0.422 e. The number of fused-ring (bicyclic) bond motifs is 1. The third kappa shape index (κ3) is 6.70. The zero-order valence-electron chi connectivity index (χ0n) is 26.4. The van der Waals surface area contributed by atoms with Crippen molar-refractivity contribution in [3.8, 4) is 0 Å². The number of ether oxygens (including phenoxy) is 1. The molecule has 3 aromatic heterocycles. The van der Waals surface area contributed by atoms with Gasteiger partial charge in [-0.05, 0) is 37.1 Å². The fraction of sp³-hybridized carbons (Fsp3) is 0.441. The number of hydrogen-bond donors (Lipinski definition) is 4. The van der Waals surface area contributed by atoms with Crippen LogP contribution in [-0.2, 0) is 11.2 Å². The van der Waals surface area contributed by atoms with E-state index in [0.717, 1.165) is 19.6 Å².